The number of nitrogens with zero attached hydrogens (tertiary/aromatic N) is 1. The van der Waals surface area contributed by atoms with E-state index in [9.17, 15) is 0 Å². The Morgan fingerprint density at radius 3 is 2.95 bits per heavy atom. The number of benzene rings is 1. The molecule has 0 spiro atoms. The molecule has 2 rings (SSSR count). The first kappa shape index (κ1) is 13.8. The molecule has 0 fully saturated rings. The zero-order valence-corrected chi connectivity index (χ0v) is 11.6. The van der Waals surface area contributed by atoms with Crippen LogP contribution in [0.15, 0.2) is 30.5 Å². The van der Waals surface area contributed by atoms with Gasteiger partial charge in [-0.1, -0.05) is 24.3 Å². The number of methoxy groups -OCH3 is 1. The van der Waals surface area contributed by atoms with Crippen molar-refractivity contribution >= 4 is 0 Å². The summed E-state index contributed by atoms with van der Waals surface area (Å²) in [4.78, 5) is 7.78. The van der Waals surface area contributed by atoms with Crippen LogP contribution in [-0.2, 0) is 17.7 Å². The maximum absolute atomic E-state index is 4.99. The van der Waals surface area contributed by atoms with E-state index in [4.69, 9.17) is 4.74 Å². The van der Waals surface area contributed by atoms with Crippen molar-refractivity contribution in [1.29, 1.82) is 0 Å². The maximum Gasteiger partial charge on any atom is 0.110 e. The molecule has 19 heavy (non-hydrogen) atoms. The van der Waals surface area contributed by atoms with Gasteiger partial charge in [0.05, 0.1) is 6.61 Å². The lowest BCUT2D eigenvalue weighted by Gasteiger charge is -2.03. The van der Waals surface area contributed by atoms with Gasteiger partial charge in [-0.2, -0.15) is 0 Å². The fraction of sp³-hybridized carbons (Fsp3) is 0.400. The van der Waals surface area contributed by atoms with Gasteiger partial charge in [0.2, 0.25) is 0 Å². The molecule has 4 heteroatoms. The Morgan fingerprint density at radius 2 is 2.16 bits per heavy atom. The Kier molecular flexibility index (Phi) is 5.12. The summed E-state index contributed by atoms with van der Waals surface area (Å²) in [6, 6.07) is 8.41. The summed E-state index contributed by atoms with van der Waals surface area (Å²) >= 11 is 0. The van der Waals surface area contributed by atoms with E-state index in [0.29, 0.717) is 0 Å². The van der Waals surface area contributed by atoms with Crippen LogP contribution < -0.4 is 5.32 Å². The second-order valence-electron chi connectivity index (χ2n) is 4.63. The summed E-state index contributed by atoms with van der Waals surface area (Å²) in [6.07, 6.45) is 2.75. The first-order valence-corrected chi connectivity index (χ1v) is 6.56. The molecule has 0 atom stereocenters. The molecule has 0 radical (unpaired) electrons. The van der Waals surface area contributed by atoms with E-state index in [-0.39, 0.29) is 0 Å². The second-order valence-corrected chi connectivity index (χ2v) is 4.63. The molecule has 0 aliphatic heterocycles. The molecule has 2 N–H and O–H groups in total. The topological polar surface area (TPSA) is 49.9 Å². The molecule has 2 aromatic rings. The molecule has 0 saturated heterocycles. The number of aryl methyl sites for hydroxylation is 1. The fourth-order valence-corrected chi connectivity index (χ4v) is 1.97. The first-order valence-electron chi connectivity index (χ1n) is 6.56. The lowest BCUT2D eigenvalue weighted by molar-refractivity contribution is 0.199. The van der Waals surface area contributed by atoms with Crippen molar-refractivity contribution in [3.8, 4) is 0 Å². The van der Waals surface area contributed by atoms with Crippen molar-refractivity contribution in [2.75, 3.05) is 20.3 Å². The second kappa shape index (κ2) is 7.07. The minimum Gasteiger partial charge on any atom is -0.383 e. The van der Waals surface area contributed by atoms with Crippen LogP contribution in [0.1, 0.15) is 22.6 Å². The molecule has 0 saturated carbocycles. The van der Waals surface area contributed by atoms with Crippen LogP contribution >= 0.6 is 0 Å². The highest BCUT2D eigenvalue weighted by molar-refractivity contribution is 5.28. The first-order chi connectivity index (χ1) is 9.29. The van der Waals surface area contributed by atoms with Crippen molar-refractivity contribution in [2.45, 2.75) is 19.9 Å². The zero-order chi connectivity index (χ0) is 13.5. The SMILES string of the molecule is COCCNCc1cnc(Cc2ccccc2C)[nH]1. The van der Waals surface area contributed by atoms with Crippen molar-refractivity contribution < 1.29 is 4.74 Å². The molecule has 0 amide bonds. The van der Waals surface area contributed by atoms with E-state index in [2.05, 4.69) is 46.5 Å². The Labute approximate surface area is 114 Å². The highest BCUT2D eigenvalue weighted by Gasteiger charge is 2.03. The van der Waals surface area contributed by atoms with Crippen molar-refractivity contribution in [3.63, 3.8) is 0 Å². The highest BCUT2D eigenvalue weighted by Crippen LogP contribution is 2.11. The van der Waals surface area contributed by atoms with Gasteiger partial charge in [0, 0.05) is 38.5 Å². The summed E-state index contributed by atoms with van der Waals surface area (Å²) in [5.41, 5.74) is 3.73. The number of aromatic nitrogens is 2. The van der Waals surface area contributed by atoms with Crippen LogP contribution in [0.5, 0.6) is 0 Å². The summed E-state index contributed by atoms with van der Waals surface area (Å²) in [5, 5.41) is 3.29. The molecule has 0 aliphatic carbocycles. The molecular weight excluding hydrogens is 238 g/mol. The number of H-pyrrole nitrogens is 1. The van der Waals surface area contributed by atoms with Crippen LogP contribution in [0.4, 0.5) is 0 Å². The van der Waals surface area contributed by atoms with Crippen LogP contribution in [0.3, 0.4) is 0 Å². The number of hydrogen-bond acceptors (Lipinski definition) is 3. The smallest absolute Gasteiger partial charge is 0.110 e. The third kappa shape index (κ3) is 4.19. The maximum atomic E-state index is 4.99. The Morgan fingerprint density at radius 1 is 1.32 bits per heavy atom. The number of aromatic amines is 1. The van der Waals surface area contributed by atoms with Gasteiger partial charge in [-0.25, -0.2) is 4.98 Å². The molecule has 0 bridgehead atoms. The summed E-state index contributed by atoms with van der Waals surface area (Å²) < 4.78 is 4.99. The minimum atomic E-state index is 0.726. The monoisotopic (exact) mass is 259 g/mol. The van der Waals surface area contributed by atoms with Gasteiger partial charge in [0.1, 0.15) is 5.82 Å². The van der Waals surface area contributed by atoms with Gasteiger partial charge in [-0.3, -0.25) is 0 Å². The number of ether oxygens (including phenoxy) is 1. The van der Waals surface area contributed by atoms with E-state index in [1.54, 1.807) is 7.11 Å². The van der Waals surface area contributed by atoms with Crippen LogP contribution in [0.25, 0.3) is 0 Å². The van der Waals surface area contributed by atoms with Crippen LogP contribution in [-0.4, -0.2) is 30.2 Å². The van der Waals surface area contributed by atoms with Gasteiger partial charge in [-0.15, -0.1) is 0 Å². The summed E-state index contributed by atoms with van der Waals surface area (Å²) in [7, 11) is 1.71. The molecule has 0 aliphatic rings. The lowest BCUT2D eigenvalue weighted by Crippen LogP contribution is -2.18. The third-order valence-electron chi connectivity index (χ3n) is 3.10. The standard InChI is InChI=1S/C15H21N3O/c1-12-5-3-4-6-13(12)9-15-17-11-14(18-15)10-16-7-8-19-2/h3-6,11,16H,7-10H2,1-2H3,(H,17,18). The van der Waals surface area contributed by atoms with Crippen LogP contribution in [0, 0.1) is 6.92 Å². The van der Waals surface area contributed by atoms with Crippen molar-refractivity contribution in [1.82, 2.24) is 15.3 Å². The number of nitrogens with one attached hydrogen (secondary N) is 2. The molecule has 1 aromatic heterocycles. The fourth-order valence-electron chi connectivity index (χ4n) is 1.97. The quantitative estimate of drug-likeness (QED) is 0.748. The molecule has 4 nitrogen and oxygen atoms in total. The zero-order valence-electron chi connectivity index (χ0n) is 11.6. The van der Waals surface area contributed by atoms with E-state index in [0.717, 1.165) is 37.6 Å². The Bertz CT molecular complexity index is 508. The van der Waals surface area contributed by atoms with Gasteiger partial charge in [0.25, 0.3) is 0 Å². The van der Waals surface area contributed by atoms with Gasteiger partial charge in [-0.05, 0) is 18.1 Å². The number of imidazole rings is 1. The molecular formula is C15H21N3O. The average Bonchev–Trinajstić information content (AvgIpc) is 2.85. The number of rotatable bonds is 7. The summed E-state index contributed by atoms with van der Waals surface area (Å²) in [6.45, 7) is 4.50. The van der Waals surface area contributed by atoms with E-state index in [1.807, 2.05) is 6.20 Å². The largest absolute Gasteiger partial charge is 0.383 e. The predicted molar refractivity (Wildman–Crippen MR) is 76.2 cm³/mol. The lowest BCUT2D eigenvalue weighted by atomic mass is 10.1. The van der Waals surface area contributed by atoms with E-state index >= 15 is 0 Å². The van der Waals surface area contributed by atoms with Gasteiger partial charge in [0.15, 0.2) is 0 Å². The third-order valence-corrected chi connectivity index (χ3v) is 3.10. The van der Waals surface area contributed by atoms with E-state index in [1.165, 1.54) is 11.1 Å². The van der Waals surface area contributed by atoms with E-state index < -0.39 is 0 Å². The highest BCUT2D eigenvalue weighted by atomic mass is 16.5. The molecule has 0 unspecified atom stereocenters. The minimum absolute atomic E-state index is 0.726. The number of hydrogen-bond donors (Lipinski definition) is 2. The van der Waals surface area contributed by atoms with Gasteiger partial charge < -0.3 is 15.0 Å². The van der Waals surface area contributed by atoms with Crippen molar-refractivity contribution in [3.05, 3.63) is 53.1 Å². The van der Waals surface area contributed by atoms with Gasteiger partial charge >= 0.3 is 0 Å². The Hall–Kier alpha value is -1.65. The normalized spacial score (nSPS) is 10.8. The predicted octanol–water partition coefficient (Wildman–Crippen LogP) is 2.04. The Balaban J connectivity index is 1.89. The van der Waals surface area contributed by atoms with Crippen LogP contribution in [0.2, 0.25) is 0 Å². The molecule has 1 heterocycles. The molecule has 1 aromatic carbocycles. The average molecular weight is 259 g/mol. The molecule has 102 valence electrons. The summed E-state index contributed by atoms with van der Waals surface area (Å²) in [5.74, 6) is 1.01. The van der Waals surface area contributed by atoms with Crippen molar-refractivity contribution in [2.24, 2.45) is 0 Å².